The number of primary amides is 1. The smallest absolute Gasteiger partial charge is 0.243 e. The molecule has 0 spiro atoms. The van der Waals surface area contributed by atoms with Gasteiger partial charge in [0.25, 0.3) is 0 Å². The fraction of sp³-hybridized carbons (Fsp3) is 0.130. The third-order valence-electron chi connectivity index (χ3n) is 4.68. The second-order valence-electron chi connectivity index (χ2n) is 7.21. The Morgan fingerprint density at radius 2 is 1.61 bits per heavy atom. The van der Waals surface area contributed by atoms with Crippen molar-refractivity contribution in [2.24, 2.45) is 5.73 Å². The molecule has 10 heteroatoms. The molecule has 0 aromatic heterocycles. The molecule has 0 atom stereocenters. The molecule has 0 unspecified atom stereocenters. The number of nitrogens with two attached hydrogens (primary N) is 1. The molecule has 3 aromatic rings. The first-order chi connectivity index (χ1) is 15.6. The van der Waals surface area contributed by atoms with Crippen molar-refractivity contribution < 1.29 is 18.0 Å². The average Bonchev–Trinajstić information content (AvgIpc) is 2.76. The number of sulfonamides is 1. The first-order valence-electron chi connectivity index (χ1n) is 9.81. The molecule has 2 amide bonds. The van der Waals surface area contributed by atoms with E-state index < -0.39 is 28.4 Å². The van der Waals surface area contributed by atoms with Crippen molar-refractivity contribution >= 4 is 50.7 Å². The number of anilines is 1. The van der Waals surface area contributed by atoms with Crippen molar-refractivity contribution in [3.63, 3.8) is 0 Å². The van der Waals surface area contributed by atoms with E-state index in [4.69, 9.17) is 28.9 Å². The molecule has 172 valence electrons. The summed E-state index contributed by atoms with van der Waals surface area (Å²) < 4.78 is 27.6. The van der Waals surface area contributed by atoms with Crippen molar-refractivity contribution in [2.75, 3.05) is 11.9 Å². The molecule has 0 bridgehead atoms. The normalized spacial score (nSPS) is 11.4. The summed E-state index contributed by atoms with van der Waals surface area (Å²) >= 11 is 12.2. The molecule has 3 N–H and O–H groups in total. The van der Waals surface area contributed by atoms with Crippen LogP contribution in [0.3, 0.4) is 0 Å². The third-order valence-corrected chi connectivity index (χ3v) is 7.07. The average molecular weight is 506 g/mol. The number of hydrogen-bond donors (Lipinski definition) is 2. The van der Waals surface area contributed by atoms with Gasteiger partial charge in [-0.3, -0.25) is 9.59 Å². The molecular formula is C23H21Cl2N3O4S. The zero-order valence-corrected chi connectivity index (χ0v) is 19.7. The van der Waals surface area contributed by atoms with E-state index in [2.05, 4.69) is 5.32 Å². The molecule has 0 aliphatic heterocycles. The summed E-state index contributed by atoms with van der Waals surface area (Å²) in [6, 6.07) is 19.1. The molecule has 0 fully saturated rings. The second-order valence-corrected chi connectivity index (χ2v) is 9.99. The number of amides is 2. The first-order valence-corrected chi connectivity index (χ1v) is 12.0. The highest BCUT2D eigenvalue weighted by Gasteiger charge is 2.27. The third kappa shape index (κ3) is 6.79. The zero-order valence-electron chi connectivity index (χ0n) is 17.4. The lowest BCUT2D eigenvalue weighted by Gasteiger charge is -2.22. The first kappa shape index (κ1) is 24.7. The van der Waals surface area contributed by atoms with Gasteiger partial charge >= 0.3 is 0 Å². The fourth-order valence-electron chi connectivity index (χ4n) is 3.08. The number of halogens is 2. The van der Waals surface area contributed by atoms with Crippen molar-refractivity contribution in [2.45, 2.75) is 17.9 Å². The van der Waals surface area contributed by atoms with Gasteiger partial charge in [0.2, 0.25) is 21.8 Å². The van der Waals surface area contributed by atoms with Gasteiger partial charge in [-0.15, -0.1) is 0 Å². The van der Waals surface area contributed by atoms with Crippen LogP contribution in [-0.4, -0.2) is 31.1 Å². The van der Waals surface area contributed by atoms with Crippen LogP contribution in [0.5, 0.6) is 0 Å². The Labute approximate surface area is 202 Å². The number of nitrogens with zero attached hydrogens (tertiary/aromatic N) is 1. The molecule has 3 aromatic carbocycles. The van der Waals surface area contributed by atoms with Crippen molar-refractivity contribution in [1.82, 2.24) is 4.31 Å². The van der Waals surface area contributed by atoms with E-state index in [1.807, 2.05) is 0 Å². The quantitative estimate of drug-likeness (QED) is 0.460. The summed E-state index contributed by atoms with van der Waals surface area (Å²) in [6.07, 6.45) is 0.0825. The van der Waals surface area contributed by atoms with Gasteiger partial charge < -0.3 is 11.1 Å². The highest BCUT2D eigenvalue weighted by molar-refractivity contribution is 7.89. The number of rotatable bonds is 9. The summed E-state index contributed by atoms with van der Waals surface area (Å²) in [4.78, 5) is 23.8. The number of hydrogen-bond acceptors (Lipinski definition) is 4. The fourth-order valence-corrected chi connectivity index (χ4v) is 4.94. The maximum absolute atomic E-state index is 13.3. The summed E-state index contributed by atoms with van der Waals surface area (Å²) in [6.45, 7) is -0.572. The Morgan fingerprint density at radius 3 is 2.21 bits per heavy atom. The van der Waals surface area contributed by atoms with Crippen molar-refractivity contribution in [3.05, 3.63) is 94.0 Å². The molecule has 0 saturated carbocycles. The largest absolute Gasteiger partial charge is 0.369 e. The molecule has 0 heterocycles. The summed E-state index contributed by atoms with van der Waals surface area (Å²) in [7, 11) is -4.00. The molecule has 0 radical (unpaired) electrons. The molecule has 0 aliphatic rings. The zero-order chi connectivity index (χ0) is 24.0. The Kier molecular flexibility index (Phi) is 8.10. The van der Waals surface area contributed by atoms with E-state index in [0.29, 0.717) is 26.9 Å². The maximum Gasteiger partial charge on any atom is 0.243 e. The van der Waals surface area contributed by atoms with Crippen LogP contribution in [0.1, 0.15) is 11.1 Å². The Hall–Kier alpha value is -2.91. The number of nitrogens with one attached hydrogen (secondary N) is 1. The van der Waals surface area contributed by atoms with Gasteiger partial charge in [0.15, 0.2) is 0 Å². The van der Waals surface area contributed by atoms with Crippen LogP contribution < -0.4 is 11.1 Å². The lowest BCUT2D eigenvalue weighted by molar-refractivity contribution is -0.117. The van der Waals surface area contributed by atoms with Crippen LogP contribution in [0, 0.1) is 0 Å². The van der Waals surface area contributed by atoms with E-state index in [-0.39, 0.29) is 17.9 Å². The predicted octanol–water partition coefficient (Wildman–Crippen LogP) is 3.85. The molecule has 33 heavy (non-hydrogen) atoms. The highest BCUT2D eigenvalue weighted by atomic mass is 35.5. The minimum absolute atomic E-state index is 0.0543. The van der Waals surface area contributed by atoms with E-state index in [1.165, 1.54) is 18.2 Å². The Balaban J connectivity index is 1.83. The minimum Gasteiger partial charge on any atom is -0.369 e. The SMILES string of the molecule is NC(=O)Cc1ccc(NC(=O)CN(Cc2ccc(Cl)cc2Cl)S(=O)(=O)c2ccccc2)cc1. The lowest BCUT2D eigenvalue weighted by atomic mass is 10.1. The summed E-state index contributed by atoms with van der Waals surface area (Å²) in [5.74, 6) is -1.00. The van der Waals surface area contributed by atoms with Crippen LogP contribution in [0.2, 0.25) is 10.0 Å². The van der Waals surface area contributed by atoms with E-state index in [0.717, 1.165) is 4.31 Å². The standard InChI is InChI=1S/C23H21Cl2N3O4S/c24-18-9-8-17(21(25)13-18)14-28(33(31,32)20-4-2-1-3-5-20)15-23(30)27-19-10-6-16(7-11-19)12-22(26)29/h1-11,13H,12,14-15H2,(H2,26,29)(H,27,30). The highest BCUT2D eigenvalue weighted by Crippen LogP contribution is 2.25. The second kappa shape index (κ2) is 10.8. The number of carbonyl (C=O) groups excluding carboxylic acids is 2. The van der Waals surface area contributed by atoms with Crippen LogP contribution in [0.15, 0.2) is 77.7 Å². The van der Waals surface area contributed by atoms with Crippen LogP contribution in [0.4, 0.5) is 5.69 Å². The van der Waals surface area contributed by atoms with Gasteiger partial charge in [0.1, 0.15) is 0 Å². The molecular weight excluding hydrogens is 485 g/mol. The van der Waals surface area contributed by atoms with Gasteiger partial charge in [-0.1, -0.05) is 59.6 Å². The summed E-state index contributed by atoms with van der Waals surface area (Å²) in [5, 5.41) is 3.38. The van der Waals surface area contributed by atoms with Gasteiger partial charge in [-0.25, -0.2) is 8.42 Å². The lowest BCUT2D eigenvalue weighted by Crippen LogP contribution is -2.37. The van der Waals surface area contributed by atoms with Crippen molar-refractivity contribution in [3.8, 4) is 0 Å². The molecule has 0 saturated heterocycles. The van der Waals surface area contributed by atoms with E-state index in [1.54, 1.807) is 54.6 Å². The van der Waals surface area contributed by atoms with E-state index >= 15 is 0 Å². The van der Waals surface area contributed by atoms with E-state index in [9.17, 15) is 18.0 Å². The van der Waals surface area contributed by atoms with Gasteiger partial charge in [0, 0.05) is 22.3 Å². The van der Waals surface area contributed by atoms with Crippen LogP contribution in [-0.2, 0) is 32.6 Å². The monoisotopic (exact) mass is 505 g/mol. The topological polar surface area (TPSA) is 110 Å². The predicted molar refractivity (Wildman–Crippen MR) is 128 cm³/mol. The minimum atomic E-state index is -4.00. The molecule has 3 rings (SSSR count). The van der Waals surface area contributed by atoms with Gasteiger partial charge in [-0.05, 0) is 47.5 Å². The van der Waals surface area contributed by atoms with Gasteiger partial charge in [-0.2, -0.15) is 4.31 Å². The number of carbonyl (C=O) groups is 2. The van der Waals surface area contributed by atoms with Gasteiger partial charge in [0.05, 0.1) is 17.9 Å². The molecule has 0 aliphatic carbocycles. The number of benzene rings is 3. The maximum atomic E-state index is 13.3. The Morgan fingerprint density at radius 1 is 0.939 bits per heavy atom. The van der Waals surface area contributed by atoms with Crippen LogP contribution in [0.25, 0.3) is 0 Å². The van der Waals surface area contributed by atoms with Crippen molar-refractivity contribution in [1.29, 1.82) is 0 Å². The summed E-state index contributed by atoms with van der Waals surface area (Å²) in [5.41, 5.74) is 6.84. The molecule has 7 nitrogen and oxygen atoms in total. The Bertz CT molecular complexity index is 1250. The van der Waals surface area contributed by atoms with Crippen LogP contribution >= 0.6 is 23.2 Å².